The second kappa shape index (κ2) is 9.69. The van der Waals surface area contributed by atoms with Crippen LogP contribution in [0.4, 0.5) is 10.5 Å². The fourth-order valence-electron chi connectivity index (χ4n) is 3.74. The molecule has 3 amide bonds. The number of rotatable bonds is 8. The minimum absolute atomic E-state index is 0.137. The van der Waals surface area contributed by atoms with Gasteiger partial charge in [-0.1, -0.05) is 51.3 Å². The smallest absolute Gasteiger partial charge is 0.309 e. The molecule has 0 bridgehead atoms. The van der Waals surface area contributed by atoms with Crippen molar-refractivity contribution in [1.29, 1.82) is 0 Å². The van der Waals surface area contributed by atoms with Crippen molar-refractivity contribution in [2.24, 2.45) is 0 Å². The van der Waals surface area contributed by atoms with Crippen LogP contribution in [0.25, 0.3) is 0 Å². The molecule has 1 atom stereocenters. The lowest BCUT2D eigenvalue weighted by Gasteiger charge is -2.32. The Kier molecular flexibility index (Phi) is 7.56. The third-order valence-electron chi connectivity index (χ3n) is 5.28. The highest BCUT2D eigenvalue weighted by Crippen LogP contribution is 2.37. The number of amides is 3. The SMILES string of the molecule is C[C@@]1(Cc2ccc(Br)cc2)C(=O)N(c2cc(Cl)cc(Cl)c2)C(=O)N1CCCCS(=O)(=O)O. The van der Waals surface area contributed by atoms with Crippen molar-refractivity contribution in [1.82, 2.24) is 4.90 Å². The van der Waals surface area contributed by atoms with Crippen LogP contribution in [-0.2, 0) is 21.3 Å². The number of hydrogen-bond donors (Lipinski definition) is 1. The van der Waals surface area contributed by atoms with Gasteiger partial charge in [0.25, 0.3) is 16.0 Å². The molecule has 1 heterocycles. The first-order valence-electron chi connectivity index (χ1n) is 9.72. The Hall–Kier alpha value is -1.65. The number of carbonyl (C=O) groups excluding carboxylic acids is 2. The van der Waals surface area contributed by atoms with Gasteiger partial charge >= 0.3 is 6.03 Å². The van der Waals surface area contributed by atoms with E-state index < -0.39 is 33.3 Å². The molecule has 1 fully saturated rings. The average Bonchev–Trinajstić information content (AvgIpc) is 2.85. The number of halogens is 3. The van der Waals surface area contributed by atoms with Gasteiger partial charge in [-0.25, -0.2) is 9.69 Å². The fourth-order valence-corrected chi connectivity index (χ4v) is 5.09. The number of unbranched alkanes of at least 4 members (excludes halogenated alkanes) is 1. The topological polar surface area (TPSA) is 95.0 Å². The first kappa shape index (κ1) is 25.0. The number of hydrogen-bond acceptors (Lipinski definition) is 4. The second-order valence-corrected chi connectivity index (χ2v) is 11.1. The summed E-state index contributed by atoms with van der Waals surface area (Å²) in [5.74, 6) is -0.849. The van der Waals surface area contributed by atoms with Gasteiger partial charge in [0.1, 0.15) is 5.54 Å². The van der Waals surface area contributed by atoms with Gasteiger partial charge in [-0.05, 0) is 55.7 Å². The van der Waals surface area contributed by atoms with Crippen molar-refractivity contribution in [3.8, 4) is 0 Å². The van der Waals surface area contributed by atoms with E-state index in [1.54, 1.807) is 6.92 Å². The van der Waals surface area contributed by atoms with Crippen LogP contribution in [0.1, 0.15) is 25.3 Å². The van der Waals surface area contributed by atoms with E-state index in [4.69, 9.17) is 27.8 Å². The molecule has 32 heavy (non-hydrogen) atoms. The first-order valence-corrected chi connectivity index (χ1v) is 12.9. The van der Waals surface area contributed by atoms with E-state index in [1.807, 2.05) is 24.3 Å². The molecule has 2 aromatic carbocycles. The molecular weight excluding hydrogens is 543 g/mol. The molecule has 1 aliphatic heterocycles. The molecule has 3 rings (SSSR count). The van der Waals surface area contributed by atoms with E-state index in [9.17, 15) is 18.0 Å². The highest BCUT2D eigenvalue weighted by molar-refractivity contribution is 9.10. The average molecular weight is 564 g/mol. The summed E-state index contributed by atoms with van der Waals surface area (Å²) >= 11 is 15.6. The molecule has 1 aliphatic rings. The van der Waals surface area contributed by atoms with E-state index in [1.165, 1.54) is 23.1 Å². The molecule has 0 aliphatic carbocycles. The maximum absolute atomic E-state index is 13.6. The molecule has 0 radical (unpaired) electrons. The lowest BCUT2D eigenvalue weighted by atomic mass is 9.91. The summed E-state index contributed by atoms with van der Waals surface area (Å²) in [6.07, 6.45) is 0.695. The number of carbonyl (C=O) groups is 2. The zero-order chi connectivity index (χ0) is 23.7. The molecular formula is C21H21BrCl2N2O5S. The summed E-state index contributed by atoms with van der Waals surface area (Å²) in [5.41, 5.74) is -0.0941. The van der Waals surface area contributed by atoms with Crippen LogP contribution in [0.5, 0.6) is 0 Å². The lowest BCUT2D eigenvalue weighted by molar-refractivity contribution is -0.124. The van der Waals surface area contributed by atoms with Gasteiger partial charge in [0.05, 0.1) is 11.4 Å². The third kappa shape index (κ3) is 5.63. The molecule has 1 saturated heterocycles. The molecule has 11 heteroatoms. The summed E-state index contributed by atoms with van der Waals surface area (Å²) in [6, 6.07) is 11.4. The molecule has 0 aromatic heterocycles. The Morgan fingerprint density at radius 1 is 1.03 bits per heavy atom. The van der Waals surface area contributed by atoms with Crippen molar-refractivity contribution in [3.05, 3.63) is 62.5 Å². The van der Waals surface area contributed by atoms with Gasteiger partial charge < -0.3 is 4.90 Å². The van der Waals surface area contributed by atoms with Crippen molar-refractivity contribution in [2.75, 3.05) is 17.2 Å². The van der Waals surface area contributed by atoms with Crippen LogP contribution in [0.3, 0.4) is 0 Å². The monoisotopic (exact) mass is 562 g/mol. The van der Waals surface area contributed by atoms with Crippen LogP contribution in [0, 0.1) is 0 Å². The summed E-state index contributed by atoms with van der Waals surface area (Å²) in [6.45, 7) is 1.82. The highest BCUT2D eigenvalue weighted by atomic mass is 79.9. The van der Waals surface area contributed by atoms with E-state index >= 15 is 0 Å². The third-order valence-corrected chi connectivity index (χ3v) is 7.05. The number of imide groups is 1. The van der Waals surface area contributed by atoms with Gasteiger partial charge in [-0.2, -0.15) is 8.42 Å². The summed E-state index contributed by atoms with van der Waals surface area (Å²) in [4.78, 5) is 29.4. The van der Waals surface area contributed by atoms with Crippen molar-refractivity contribution < 1.29 is 22.6 Å². The zero-order valence-electron chi connectivity index (χ0n) is 17.1. The van der Waals surface area contributed by atoms with Crippen LogP contribution in [0.2, 0.25) is 10.0 Å². The van der Waals surface area contributed by atoms with Gasteiger partial charge in [0, 0.05) is 27.5 Å². The van der Waals surface area contributed by atoms with E-state index in [0.717, 1.165) is 14.9 Å². The fraction of sp³-hybridized carbons (Fsp3) is 0.333. The standard InChI is InChI=1S/C21H21BrCl2N2O5S/c1-21(13-14-4-6-15(22)7-5-14)19(27)26(18-11-16(23)10-17(24)12-18)20(28)25(21)8-2-3-9-32(29,30)31/h4-7,10-12H,2-3,8-9,13H2,1H3,(H,29,30,31)/t21-/m1/s1. The van der Waals surface area contributed by atoms with E-state index in [2.05, 4.69) is 15.9 Å². The first-order chi connectivity index (χ1) is 14.9. The van der Waals surface area contributed by atoms with Crippen molar-refractivity contribution in [2.45, 2.75) is 31.7 Å². The molecule has 0 saturated carbocycles. The summed E-state index contributed by atoms with van der Waals surface area (Å²) in [5, 5.41) is 0.573. The Morgan fingerprint density at radius 2 is 1.62 bits per heavy atom. The van der Waals surface area contributed by atoms with Gasteiger partial charge in [0.15, 0.2) is 0 Å². The lowest BCUT2D eigenvalue weighted by Crippen LogP contribution is -2.49. The van der Waals surface area contributed by atoms with E-state index in [0.29, 0.717) is 6.42 Å². The minimum Gasteiger partial charge on any atom is -0.309 e. The van der Waals surface area contributed by atoms with Crippen molar-refractivity contribution in [3.63, 3.8) is 0 Å². The number of nitrogens with zero attached hydrogens (tertiary/aromatic N) is 2. The molecule has 7 nitrogen and oxygen atoms in total. The Morgan fingerprint density at radius 3 is 2.19 bits per heavy atom. The number of urea groups is 1. The van der Waals surface area contributed by atoms with Crippen LogP contribution in [-0.4, -0.2) is 47.6 Å². The molecule has 172 valence electrons. The Balaban J connectivity index is 1.94. The maximum atomic E-state index is 13.6. The van der Waals surface area contributed by atoms with Crippen molar-refractivity contribution >= 4 is 66.9 Å². The quantitative estimate of drug-likeness (QED) is 0.271. The number of anilines is 1. The number of benzene rings is 2. The van der Waals surface area contributed by atoms with Crippen LogP contribution >= 0.6 is 39.1 Å². The van der Waals surface area contributed by atoms with E-state index in [-0.39, 0.29) is 35.1 Å². The molecule has 1 N–H and O–H groups in total. The molecule has 2 aromatic rings. The minimum atomic E-state index is -4.10. The van der Waals surface area contributed by atoms with Gasteiger partial charge in [0.2, 0.25) is 0 Å². The second-order valence-electron chi connectivity index (χ2n) is 7.77. The summed E-state index contributed by atoms with van der Waals surface area (Å²) < 4.78 is 31.9. The highest BCUT2D eigenvalue weighted by Gasteiger charge is 2.54. The largest absolute Gasteiger partial charge is 0.332 e. The summed E-state index contributed by atoms with van der Waals surface area (Å²) in [7, 11) is -4.10. The molecule has 0 spiro atoms. The molecule has 0 unspecified atom stereocenters. The predicted molar refractivity (Wildman–Crippen MR) is 128 cm³/mol. The van der Waals surface area contributed by atoms with Crippen LogP contribution < -0.4 is 4.90 Å². The normalized spacial score (nSPS) is 19.2. The van der Waals surface area contributed by atoms with Gasteiger partial charge in [-0.15, -0.1) is 0 Å². The maximum Gasteiger partial charge on any atom is 0.332 e. The zero-order valence-corrected chi connectivity index (χ0v) is 21.0. The van der Waals surface area contributed by atoms with Crippen LogP contribution in [0.15, 0.2) is 46.9 Å². The predicted octanol–water partition coefficient (Wildman–Crippen LogP) is 5.19. The van der Waals surface area contributed by atoms with Gasteiger partial charge in [-0.3, -0.25) is 9.35 Å². The Bertz CT molecular complexity index is 1120. The Labute approximate surface area is 205 Å².